The van der Waals surface area contributed by atoms with Gasteiger partial charge in [0.25, 0.3) is 0 Å². The minimum atomic E-state index is -1.11. The Morgan fingerprint density at radius 1 is 1.60 bits per heavy atom. The van der Waals surface area contributed by atoms with Crippen molar-refractivity contribution in [1.82, 2.24) is 9.97 Å². The average molecular weight is 211 g/mol. The lowest BCUT2D eigenvalue weighted by Gasteiger charge is -2.22. The number of aliphatic carboxylic acids is 1. The van der Waals surface area contributed by atoms with E-state index in [-0.39, 0.29) is 0 Å². The van der Waals surface area contributed by atoms with Gasteiger partial charge in [-0.3, -0.25) is 0 Å². The fraction of sp³-hybridized carbons (Fsp3) is 0.444. The van der Waals surface area contributed by atoms with Crippen LogP contribution in [0.15, 0.2) is 12.5 Å². The molecule has 2 N–H and O–H groups in total. The minimum Gasteiger partial charge on any atom is -0.491 e. The first-order chi connectivity index (χ1) is 6.97. The SMILES string of the molecule is COc1cncnc1NC(C)(C)C(=O)O. The molecule has 0 aliphatic carbocycles. The predicted molar refractivity (Wildman–Crippen MR) is 53.9 cm³/mol. The third kappa shape index (κ3) is 2.55. The highest BCUT2D eigenvalue weighted by Gasteiger charge is 2.28. The molecule has 1 aromatic heterocycles. The molecule has 0 radical (unpaired) electrons. The van der Waals surface area contributed by atoms with Gasteiger partial charge in [-0.25, -0.2) is 14.8 Å². The Hall–Kier alpha value is -1.85. The van der Waals surface area contributed by atoms with Gasteiger partial charge in [-0.2, -0.15) is 0 Å². The van der Waals surface area contributed by atoms with E-state index in [4.69, 9.17) is 9.84 Å². The van der Waals surface area contributed by atoms with E-state index in [0.29, 0.717) is 11.6 Å². The van der Waals surface area contributed by atoms with Gasteiger partial charge in [0.1, 0.15) is 11.9 Å². The molecule has 6 heteroatoms. The Bertz CT molecular complexity index is 365. The molecular formula is C9H13N3O3. The van der Waals surface area contributed by atoms with E-state index < -0.39 is 11.5 Å². The van der Waals surface area contributed by atoms with Gasteiger partial charge in [0.05, 0.1) is 13.3 Å². The van der Waals surface area contributed by atoms with E-state index in [9.17, 15) is 4.79 Å². The van der Waals surface area contributed by atoms with Gasteiger partial charge in [0.2, 0.25) is 0 Å². The predicted octanol–water partition coefficient (Wildman–Crippen LogP) is 0.760. The van der Waals surface area contributed by atoms with Crippen LogP contribution in [-0.2, 0) is 4.79 Å². The molecule has 1 rings (SSSR count). The van der Waals surface area contributed by atoms with Crippen LogP contribution in [0.1, 0.15) is 13.8 Å². The fourth-order valence-corrected chi connectivity index (χ4v) is 0.910. The zero-order chi connectivity index (χ0) is 11.5. The first kappa shape index (κ1) is 11.2. The number of carboxylic acid groups (broad SMARTS) is 1. The lowest BCUT2D eigenvalue weighted by molar-refractivity contribution is -0.141. The van der Waals surface area contributed by atoms with Gasteiger partial charge >= 0.3 is 5.97 Å². The molecule has 0 atom stereocenters. The van der Waals surface area contributed by atoms with Crippen molar-refractivity contribution < 1.29 is 14.6 Å². The molecule has 0 bridgehead atoms. The number of methoxy groups -OCH3 is 1. The number of nitrogens with zero attached hydrogens (tertiary/aromatic N) is 2. The smallest absolute Gasteiger partial charge is 0.328 e. The maximum Gasteiger partial charge on any atom is 0.328 e. The van der Waals surface area contributed by atoms with Gasteiger partial charge in [0, 0.05) is 0 Å². The summed E-state index contributed by atoms with van der Waals surface area (Å²) in [4.78, 5) is 18.6. The van der Waals surface area contributed by atoms with Gasteiger partial charge in [0.15, 0.2) is 11.6 Å². The lowest BCUT2D eigenvalue weighted by atomic mass is 10.1. The molecule has 0 aliphatic heterocycles. The summed E-state index contributed by atoms with van der Waals surface area (Å²) in [6, 6.07) is 0. The molecule has 82 valence electrons. The Morgan fingerprint density at radius 3 is 2.80 bits per heavy atom. The second-order valence-electron chi connectivity index (χ2n) is 3.49. The van der Waals surface area contributed by atoms with Crippen LogP contribution in [0, 0.1) is 0 Å². The molecule has 0 saturated carbocycles. The Labute approximate surface area is 87.3 Å². The quantitative estimate of drug-likeness (QED) is 0.764. The maximum atomic E-state index is 10.9. The summed E-state index contributed by atoms with van der Waals surface area (Å²) in [5.41, 5.74) is -1.11. The molecular weight excluding hydrogens is 198 g/mol. The molecule has 0 spiro atoms. The molecule has 0 aromatic carbocycles. The zero-order valence-corrected chi connectivity index (χ0v) is 8.81. The van der Waals surface area contributed by atoms with Crippen LogP contribution in [0.5, 0.6) is 5.75 Å². The highest BCUT2D eigenvalue weighted by atomic mass is 16.5. The maximum absolute atomic E-state index is 10.9. The van der Waals surface area contributed by atoms with Crippen LogP contribution in [0.2, 0.25) is 0 Å². The van der Waals surface area contributed by atoms with E-state index in [1.807, 2.05) is 0 Å². The summed E-state index contributed by atoms with van der Waals surface area (Å²) in [5, 5.41) is 11.7. The summed E-state index contributed by atoms with van der Waals surface area (Å²) in [5.74, 6) is -0.199. The summed E-state index contributed by atoms with van der Waals surface area (Å²) in [7, 11) is 1.47. The van der Waals surface area contributed by atoms with Crippen molar-refractivity contribution in [1.29, 1.82) is 0 Å². The second kappa shape index (κ2) is 4.12. The molecule has 0 amide bonds. The van der Waals surface area contributed by atoms with E-state index in [1.54, 1.807) is 0 Å². The molecule has 6 nitrogen and oxygen atoms in total. The first-order valence-electron chi connectivity index (χ1n) is 4.33. The van der Waals surface area contributed by atoms with Crippen LogP contribution in [0.25, 0.3) is 0 Å². The molecule has 0 fully saturated rings. The number of hydrogen-bond acceptors (Lipinski definition) is 5. The summed E-state index contributed by atoms with van der Waals surface area (Å²) < 4.78 is 4.99. The van der Waals surface area contributed by atoms with Crippen molar-refractivity contribution in [2.45, 2.75) is 19.4 Å². The number of anilines is 1. The number of rotatable bonds is 4. The molecule has 1 heterocycles. The van der Waals surface area contributed by atoms with Crippen LogP contribution >= 0.6 is 0 Å². The van der Waals surface area contributed by atoms with Gasteiger partial charge in [-0.05, 0) is 13.8 Å². The van der Waals surface area contributed by atoms with E-state index >= 15 is 0 Å². The third-order valence-electron chi connectivity index (χ3n) is 1.86. The topological polar surface area (TPSA) is 84.3 Å². The largest absolute Gasteiger partial charge is 0.491 e. The van der Waals surface area contributed by atoms with Crippen molar-refractivity contribution in [3.8, 4) is 5.75 Å². The Morgan fingerprint density at radius 2 is 2.27 bits per heavy atom. The van der Waals surface area contributed by atoms with Crippen LogP contribution in [0.4, 0.5) is 5.82 Å². The average Bonchev–Trinajstić information content (AvgIpc) is 2.18. The van der Waals surface area contributed by atoms with E-state index in [0.717, 1.165) is 0 Å². The number of ether oxygens (including phenoxy) is 1. The van der Waals surface area contributed by atoms with Crippen molar-refractivity contribution in [2.24, 2.45) is 0 Å². The monoisotopic (exact) mass is 211 g/mol. The van der Waals surface area contributed by atoms with Crippen LogP contribution in [-0.4, -0.2) is 33.7 Å². The normalized spacial score (nSPS) is 10.9. The Balaban J connectivity index is 2.94. The highest BCUT2D eigenvalue weighted by molar-refractivity contribution is 5.81. The van der Waals surface area contributed by atoms with Crippen LogP contribution < -0.4 is 10.1 Å². The summed E-state index contributed by atoms with van der Waals surface area (Å²) in [6.45, 7) is 3.08. The first-order valence-corrected chi connectivity index (χ1v) is 4.33. The second-order valence-corrected chi connectivity index (χ2v) is 3.49. The molecule has 15 heavy (non-hydrogen) atoms. The van der Waals surface area contributed by atoms with Gasteiger partial charge in [-0.1, -0.05) is 0 Å². The summed E-state index contributed by atoms with van der Waals surface area (Å²) >= 11 is 0. The molecule has 0 unspecified atom stereocenters. The lowest BCUT2D eigenvalue weighted by Crippen LogP contribution is -2.40. The van der Waals surface area contributed by atoms with E-state index in [1.165, 1.54) is 33.5 Å². The number of aromatic nitrogens is 2. The van der Waals surface area contributed by atoms with Crippen molar-refractivity contribution in [3.63, 3.8) is 0 Å². The third-order valence-corrected chi connectivity index (χ3v) is 1.86. The van der Waals surface area contributed by atoms with Crippen molar-refractivity contribution in [2.75, 3.05) is 12.4 Å². The number of hydrogen-bond donors (Lipinski definition) is 2. The van der Waals surface area contributed by atoms with Crippen LogP contribution in [0.3, 0.4) is 0 Å². The number of carbonyl (C=O) groups is 1. The molecule has 0 saturated heterocycles. The van der Waals surface area contributed by atoms with Crippen molar-refractivity contribution >= 4 is 11.8 Å². The fourth-order valence-electron chi connectivity index (χ4n) is 0.910. The number of nitrogens with one attached hydrogen (secondary N) is 1. The molecule has 0 aliphatic rings. The number of carboxylic acids is 1. The van der Waals surface area contributed by atoms with Gasteiger partial charge < -0.3 is 15.2 Å². The highest BCUT2D eigenvalue weighted by Crippen LogP contribution is 2.22. The zero-order valence-electron chi connectivity index (χ0n) is 8.81. The van der Waals surface area contributed by atoms with Crippen molar-refractivity contribution in [3.05, 3.63) is 12.5 Å². The minimum absolute atomic E-state index is 0.361. The molecule has 1 aromatic rings. The standard InChI is InChI=1S/C9H13N3O3/c1-9(2,8(13)14)12-7-6(15-3)4-10-5-11-7/h4-5H,1-3H3,(H,13,14)(H,10,11,12). The summed E-state index contributed by atoms with van der Waals surface area (Å²) in [6.07, 6.45) is 2.79. The Kier molecular flexibility index (Phi) is 3.08. The van der Waals surface area contributed by atoms with E-state index in [2.05, 4.69) is 15.3 Å². The van der Waals surface area contributed by atoms with Gasteiger partial charge in [-0.15, -0.1) is 0 Å².